The number of urea groups is 1. The van der Waals surface area contributed by atoms with Gasteiger partial charge in [0.05, 0.1) is 18.8 Å². The maximum Gasteiger partial charge on any atom is 0.320 e. The molecule has 3 rings (SSSR count). The summed E-state index contributed by atoms with van der Waals surface area (Å²) in [7, 11) is 0. The minimum atomic E-state index is -0.265. The number of amides is 2. The highest BCUT2D eigenvalue weighted by Crippen LogP contribution is 2.44. The van der Waals surface area contributed by atoms with Crippen molar-refractivity contribution in [1.29, 1.82) is 0 Å². The van der Waals surface area contributed by atoms with Crippen molar-refractivity contribution in [2.24, 2.45) is 5.41 Å². The van der Waals surface area contributed by atoms with E-state index < -0.39 is 0 Å². The number of benzene rings is 1. The molecule has 0 saturated heterocycles. The number of aromatic nitrogens is 2. The van der Waals surface area contributed by atoms with Crippen LogP contribution in [0.4, 0.5) is 10.6 Å². The molecule has 0 unspecified atom stereocenters. The minimum Gasteiger partial charge on any atom is -0.396 e. The van der Waals surface area contributed by atoms with Gasteiger partial charge in [-0.2, -0.15) is 5.10 Å². The Kier molecular flexibility index (Phi) is 4.34. The predicted molar refractivity (Wildman–Crippen MR) is 88.3 cm³/mol. The monoisotopic (exact) mass is 314 g/mol. The van der Waals surface area contributed by atoms with Crippen LogP contribution in [-0.4, -0.2) is 34.1 Å². The van der Waals surface area contributed by atoms with E-state index in [4.69, 9.17) is 0 Å². The molecule has 1 aliphatic rings. The number of anilines is 1. The minimum absolute atomic E-state index is 0.0997. The first-order valence-electron chi connectivity index (χ1n) is 7.84. The lowest BCUT2D eigenvalue weighted by Gasteiger charge is -2.14. The Balaban J connectivity index is 1.62. The van der Waals surface area contributed by atoms with Gasteiger partial charge in [0, 0.05) is 18.0 Å². The largest absolute Gasteiger partial charge is 0.396 e. The van der Waals surface area contributed by atoms with E-state index in [0.29, 0.717) is 18.9 Å². The number of rotatable bonds is 6. The lowest BCUT2D eigenvalue weighted by Crippen LogP contribution is -2.35. The molecule has 1 aromatic heterocycles. The number of hydrogen-bond acceptors (Lipinski definition) is 3. The van der Waals surface area contributed by atoms with Crippen LogP contribution in [0.2, 0.25) is 0 Å². The van der Waals surface area contributed by atoms with Crippen molar-refractivity contribution < 1.29 is 9.90 Å². The normalized spacial score (nSPS) is 15.2. The van der Waals surface area contributed by atoms with Crippen LogP contribution in [0.5, 0.6) is 0 Å². The Hall–Kier alpha value is -2.34. The molecule has 6 heteroatoms. The molecule has 1 aliphatic carbocycles. The molecule has 0 aliphatic heterocycles. The van der Waals surface area contributed by atoms with Gasteiger partial charge in [0.25, 0.3) is 0 Å². The molecular weight excluding hydrogens is 292 g/mol. The van der Waals surface area contributed by atoms with Crippen LogP contribution in [0.1, 0.15) is 24.1 Å². The predicted octanol–water partition coefficient (Wildman–Crippen LogP) is 2.13. The SMILES string of the molecule is Cc1cc(NC(=O)NCC2(CO)CC2)n(Cc2ccccc2)n1. The molecule has 0 radical (unpaired) electrons. The summed E-state index contributed by atoms with van der Waals surface area (Å²) in [6.07, 6.45) is 1.93. The van der Waals surface area contributed by atoms with Gasteiger partial charge in [0.2, 0.25) is 0 Å². The molecule has 1 aromatic carbocycles. The highest BCUT2D eigenvalue weighted by Gasteiger charge is 2.42. The fourth-order valence-corrected chi connectivity index (χ4v) is 2.52. The number of aliphatic hydroxyl groups excluding tert-OH is 1. The first-order chi connectivity index (χ1) is 11.1. The summed E-state index contributed by atoms with van der Waals surface area (Å²) in [4.78, 5) is 12.1. The summed E-state index contributed by atoms with van der Waals surface area (Å²) in [6.45, 7) is 3.12. The molecule has 1 fully saturated rings. The molecule has 0 spiro atoms. The Morgan fingerprint density at radius 3 is 2.74 bits per heavy atom. The van der Waals surface area contributed by atoms with E-state index in [1.165, 1.54) is 0 Å². The van der Waals surface area contributed by atoms with Gasteiger partial charge in [-0.1, -0.05) is 30.3 Å². The third-order valence-corrected chi connectivity index (χ3v) is 4.24. The lowest BCUT2D eigenvalue weighted by molar-refractivity contribution is 0.206. The van der Waals surface area contributed by atoms with Crippen LogP contribution in [0.3, 0.4) is 0 Å². The fraction of sp³-hybridized carbons (Fsp3) is 0.412. The van der Waals surface area contributed by atoms with Crippen molar-refractivity contribution in [2.45, 2.75) is 26.3 Å². The van der Waals surface area contributed by atoms with Gasteiger partial charge in [-0.25, -0.2) is 9.48 Å². The molecule has 23 heavy (non-hydrogen) atoms. The van der Waals surface area contributed by atoms with Crippen molar-refractivity contribution in [1.82, 2.24) is 15.1 Å². The summed E-state index contributed by atoms with van der Waals surface area (Å²) in [6, 6.07) is 11.6. The highest BCUT2D eigenvalue weighted by atomic mass is 16.3. The zero-order valence-electron chi connectivity index (χ0n) is 13.2. The summed E-state index contributed by atoms with van der Waals surface area (Å²) < 4.78 is 1.78. The van der Waals surface area contributed by atoms with E-state index >= 15 is 0 Å². The zero-order chi connectivity index (χ0) is 16.3. The third-order valence-electron chi connectivity index (χ3n) is 4.24. The number of aryl methyl sites for hydroxylation is 1. The van der Waals surface area contributed by atoms with Gasteiger partial charge >= 0.3 is 6.03 Å². The van der Waals surface area contributed by atoms with Crippen molar-refractivity contribution >= 4 is 11.8 Å². The summed E-state index contributed by atoms with van der Waals surface area (Å²) >= 11 is 0. The highest BCUT2D eigenvalue weighted by molar-refractivity contribution is 5.88. The van der Waals surface area contributed by atoms with Crippen molar-refractivity contribution in [3.05, 3.63) is 47.7 Å². The van der Waals surface area contributed by atoms with Gasteiger partial charge < -0.3 is 10.4 Å². The molecule has 122 valence electrons. The molecule has 1 heterocycles. The quantitative estimate of drug-likeness (QED) is 0.764. The van der Waals surface area contributed by atoms with Crippen molar-refractivity contribution in [2.75, 3.05) is 18.5 Å². The van der Waals surface area contributed by atoms with Gasteiger partial charge in [-0.3, -0.25) is 5.32 Å². The molecular formula is C17H22N4O2. The second-order valence-electron chi connectivity index (χ2n) is 6.28. The first-order valence-corrected chi connectivity index (χ1v) is 7.84. The number of carbonyl (C=O) groups excluding carboxylic acids is 1. The van der Waals surface area contributed by atoms with Crippen molar-refractivity contribution in [3.63, 3.8) is 0 Å². The smallest absolute Gasteiger partial charge is 0.320 e. The molecule has 6 nitrogen and oxygen atoms in total. The third kappa shape index (κ3) is 3.90. The average Bonchev–Trinajstić information content (AvgIpc) is 3.26. The number of nitrogens with zero attached hydrogens (tertiary/aromatic N) is 2. The van der Waals surface area contributed by atoms with E-state index in [-0.39, 0.29) is 18.1 Å². The maximum atomic E-state index is 12.1. The van der Waals surface area contributed by atoms with Gasteiger partial charge in [0.1, 0.15) is 5.82 Å². The Bertz CT molecular complexity index is 677. The van der Waals surface area contributed by atoms with E-state index in [2.05, 4.69) is 15.7 Å². The van der Waals surface area contributed by atoms with Crippen molar-refractivity contribution in [3.8, 4) is 0 Å². The van der Waals surface area contributed by atoms with Crippen LogP contribution < -0.4 is 10.6 Å². The van der Waals surface area contributed by atoms with Crippen LogP contribution in [-0.2, 0) is 6.54 Å². The standard InChI is InChI=1S/C17H22N4O2/c1-13-9-15(19-16(23)18-11-17(12-22)7-8-17)21(20-13)10-14-5-3-2-4-6-14/h2-6,9,22H,7-8,10-12H2,1H3,(H2,18,19,23). The fourth-order valence-electron chi connectivity index (χ4n) is 2.52. The molecule has 3 N–H and O–H groups in total. The number of nitrogens with one attached hydrogen (secondary N) is 2. The van der Waals surface area contributed by atoms with Crippen LogP contribution in [0.15, 0.2) is 36.4 Å². The van der Waals surface area contributed by atoms with Crippen LogP contribution in [0, 0.1) is 12.3 Å². The number of aliphatic hydroxyl groups is 1. The summed E-state index contributed by atoms with van der Waals surface area (Å²) in [5.74, 6) is 0.665. The van der Waals surface area contributed by atoms with Gasteiger partial charge in [-0.15, -0.1) is 0 Å². The average molecular weight is 314 g/mol. The van der Waals surface area contributed by atoms with Crippen LogP contribution >= 0.6 is 0 Å². The molecule has 2 aromatic rings. The molecule has 0 atom stereocenters. The topological polar surface area (TPSA) is 79.2 Å². The van der Waals surface area contributed by atoms with Gasteiger partial charge in [0.15, 0.2) is 0 Å². The zero-order valence-corrected chi connectivity index (χ0v) is 13.2. The second kappa shape index (κ2) is 6.42. The summed E-state index contributed by atoms with van der Waals surface area (Å²) in [5, 5.41) is 19.4. The maximum absolute atomic E-state index is 12.1. The second-order valence-corrected chi connectivity index (χ2v) is 6.28. The Morgan fingerprint density at radius 2 is 2.09 bits per heavy atom. The molecule has 0 bridgehead atoms. The molecule has 2 amide bonds. The number of hydrogen-bond donors (Lipinski definition) is 3. The van der Waals surface area contributed by atoms with Crippen LogP contribution in [0.25, 0.3) is 0 Å². The first kappa shape index (κ1) is 15.6. The van der Waals surface area contributed by atoms with E-state index in [1.807, 2.05) is 43.3 Å². The van der Waals surface area contributed by atoms with E-state index in [1.54, 1.807) is 4.68 Å². The number of carbonyl (C=O) groups is 1. The van der Waals surface area contributed by atoms with Gasteiger partial charge in [-0.05, 0) is 25.3 Å². The summed E-state index contributed by atoms with van der Waals surface area (Å²) in [5.41, 5.74) is 1.87. The Morgan fingerprint density at radius 1 is 1.35 bits per heavy atom. The Labute approximate surface area is 135 Å². The van der Waals surface area contributed by atoms with E-state index in [0.717, 1.165) is 24.1 Å². The molecule has 1 saturated carbocycles. The van der Waals surface area contributed by atoms with E-state index in [9.17, 15) is 9.90 Å². The lowest BCUT2D eigenvalue weighted by atomic mass is 10.1.